The molecule has 86 heavy (non-hydrogen) atoms. The number of guanidine groups is 2. The van der Waals surface area contributed by atoms with Crippen molar-refractivity contribution in [3.05, 3.63) is 69.8 Å². The highest BCUT2D eigenvalue weighted by atomic mass is 16.5. The number of ether oxygens (including phenoxy) is 6. The second kappa shape index (κ2) is 35.3. The second-order valence-electron chi connectivity index (χ2n) is 21.9. The van der Waals surface area contributed by atoms with Gasteiger partial charge >= 0.3 is 0 Å². The summed E-state index contributed by atoms with van der Waals surface area (Å²) < 4.78 is 34.8. The molecule has 0 bridgehead atoms. The van der Waals surface area contributed by atoms with Gasteiger partial charge in [-0.3, -0.25) is 38.8 Å². The first-order valence-electron chi connectivity index (χ1n) is 29.4. The minimum Gasteiger partial charge on any atom is -0.496 e. The number of hydrogen-bond donors (Lipinski definition) is 10. The van der Waals surface area contributed by atoms with Crippen LogP contribution in [0.4, 0.5) is 0 Å². The number of unbranched alkanes of at least 4 members (excludes halogenated alkanes) is 4. The second-order valence-corrected chi connectivity index (χ2v) is 21.9. The van der Waals surface area contributed by atoms with E-state index in [9.17, 15) is 28.8 Å². The van der Waals surface area contributed by atoms with Gasteiger partial charge in [-0.25, -0.2) is 0 Å². The Balaban J connectivity index is 1.32. The van der Waals surface area contributed by atoms with Crippen molar-refractivity contribution in [3.8, 4) is 34.5 Å². The molecule has 474 valence electrons. The highest BCUT2D eigenvalue weighted by molar-refractivity contribution is 6.05. The van der Waals surface area contributed by atoms with Crippen LogP contribution in [0.1, 0.15) is 152 Å². The van der Waals surface area contributed by atoms with Crippen molar-refractivity contribution in [1.29, 1.82) is 0 Å². The lowest BCUT2D eigenvalue weighted by Gasteiger charge is -2.30. The van der Waals surface area contributed by atoms with Gasteiger partial charge in [0, 0.05) is 81.6 Å². The zero-order valence-electron chi connectivity index (χ0n) is 51.3. The number of carbonyl (C=O) groups is 6. The van der Waals surface area contributed by atoms with E-state index in [2.05, 4.69) is 41.9 Å². The summed E-state index contributed by atoms with van der Waals surface area (Å²) in [6, 6.07) is 8.02. The number of nitrogens with zero attached hydrogens (tertiary/aromatic N) is 4. The standard InChI is InChI=1S/C60H92N14O12/c1-73(2)27-25-65-53(75)41-31-43(49(83-7)34-47(41)81-5)55(77)69-37-15-19-39(20-16-37)71-57(79)45-33-46(52(86-30-14-10-12-24-68-60(63)64)36-51(45)85-29-13-9-11-23-67-59(61)62)58(80)72-40-21-17-38(18-22-40)70-56(78)44-32-42(48(82-6)35-50(44)84-8)54(76)66-26-28-74(3)4/h31-40H,9-30H2,1-8H3,(H,65,75)(H,66,76)(H,69,77)(H,70,78)(H,71,79)(H,72,80)(H4,61,62,67)(H4,63,64,68). The van der Waals surface area contributed by atoms with Gasteiger partial charge in [0.25, 0.3) is 35.4 Å². The number of benzene rings is 3. The lowest BCUT2D eigenvalue weighted by molar-refractivity contribution is 0.0882. The third kappa shape index (κ3) is 21.7. The first kappa shape index (κ1) is 68.5. The van der Waals surface area contributed by atoms with Crippen LogP contribution >= 0.6 is 0 Å². The molecule has 26 heteroatoms. The molecule has 0 aliphatic heterocycles. The molecule has 6 amide bonds. The fraction of sp³-hybridized carbons (Fsp3) is 0.567. The summed E-state index contributed by atoms with van der Waals surface area (Å²) in [5.74, 6) is -1.04. The molecule has 2 aliphatic rings. The summed E-state index contributed by atoms with van der Waals surface area (Å²) in [5.41, 5.74) is 23.1. The maximum absolute atomic E-state index is 14.6. The average Bonchev–Trinajstić information content (AvgIpc) is 1.81. The van der Waals surface area contributed by atoms with Gasteiger partial charge in [0.1, 0.15) is 34.5 Å². The third-order valence-corrected chi connectivity index (χ3v) is 14.8. The largest absolute Gasteiger partial charge is 0.496 e. The van der Waals surface area contributed by atoms with Crippen LogP contribution in [-0.4, -0.2) is 190 Å². The summed E-state index contributed by atoms with van der Waals surface area (Å²) in [6.07, 6.45) is 8.32. The molecule has 2 fully saturated rings. The van der Waals surface area contributed by atoms with Crippen molar-refractivity contribution in [2.24, 2.45) is 32.9 Å². The predicted octanol–water partition coefficient (Wildman–Crippen LogP) is 2.89. The van der Waals surface area contributed by atoms with E-state index in [-0.39, 0.29) is 117 Å². The Morgan fingerprint density at radius 2 is 0.674 bits per heavy atom. The molecule has 2 saturated carbocycles. The van der Waals surface area contributed by atoms with E-state index in [0.29, 0.717) is 116 Å². The molecule has 5 rings (SSSR count). The third-order valence-electron chi connectivity index (χ3n) is 14.8. The number of likely N-dealkylation sites (N-methyl/N-ethyl adjacent to an activating group) is 2. The van der Waals surface area contributed by atoms with E-state index in [1.165, 1.54) is 58.8 Å². The number of rotatable bonds is 34. The van der Waals surface area contributed by atoms with Crippen molar-refractivity contribution >= 4 is 47.4 Å². The quantitative estimate of drug-likeness (QED) is 0.0233. The molecule has 0 atom stereocenters. The van der Waals surface area contributed by atoms with Crippen molar-refractivity contribution in [2.75, 3.05) is 109 Å². The van der Waals surface area contributed by atoms with Crippen LogP contribution in [0.3, 0.4) is 0 Å². The zero-order valence-corrected chi connectivity index (χ0v) is 51.3. The molecule has 3 aromatic carbocycles. The van der Waals surface area contributed by atoms with E-state index < -0.39 is 35.4 Å². The van der Waals surface area contributed by atoms with Crippen molar-refractivity contribution in [1.82, 2.24) is 41.7 Å². The summed E-state index contributed by atoms with van der Waals surface area (Å²) in [7, 11) is 13.4. The highest BCUT2D eigenvalue weighted by Crippen LogP contribution is 2.34. The molecule has 0 aromatic heterocycles. The van der Waals surface area contributed by atoms with Crippen LogP contribution in [0.15, 0.2) is 46.4 Å². The van der Waals surface area contributed by atoms with E-state index >= 15 is 0 Å². The van der Waals surface area contributed by atoms with Crippen LogP contribution in [0, 0.1) is 0 Å². The van der Waals surface area contributed by atoms with E-state index in [1.54, 1.807) is 6.07 Å². The Bertz CT molecular complexity index is 2620. The van der Waals surface area contributed by atoms with Crippen LogP contribution in [-0.2, 0) is 0 Å². The minimum atomic E-state index is -0.457. The molecule has 2 aliphatic carbocycles. The maximum Gasteiger partial charge on any atom is 0.255 e. The number of carbonyl (C=O) groups excluding carboxylic acids is 6. The van der Waals surface area contributed by atoms with Gasteiger partial charge in [-0.05, 0) is 136 Å². The summed E-state index contributed by atoms with van der Waals surface area (Å²) in [5, 5.41) is 18.3. The van der Waals surface area contributed by atoms with E-state index in [4.69, 9.17) is 51.4 Å². The fourth-order valence-electron chi connectivity index (χ4n) is 10.0. The number of hydrogen-bond acceptors (Lipinski definition) is 16. The van der Waals surface area contributed by atoms with Gasteiger partial charge in [0.15, 0.2) is 11.9 Å². The molecule has 26 nitrogen and oxygen atoms in total. The smallest absolute Gasteiger partial charge is 0.255 e. The zero-order chi connectivity index (χ0) is 62.7. The van der Waals surface area contributed by atoms with Gasteiger partial charge in [-0.2, -0.15) is 0 Å². The number of nitrogens with one attached hydrogen (secondary N) is 6. The Labute approximate surface area is 504 Å². The van der Waals surface area contributed by atoms with Gasteiger partial charge < -0.3 is 93.1 Å². The van der Waals surface area contributed by atoms with Gasteiger partial charge in [-0.15, -0.1) is 0 Å². The van der Waals surface area contributed by atoms with E-state index in [1.807, 2.05) is 38.0 Å². The molecule has 0 saturated heterocycles. The number of nitrogens with two attached hydrogens (primary N) is 4. The number of amides is 6. The first-order valence-corrected chi connectivity index (χ1v) is 29.4. The number of methoxy groups -OCH3 is 4. The SMILES string of the molecule is COc1cc(OC)c(C(=O)NC2CCC(NC(=O)c3cc(C(=O)NC4CCC(NC(=O)c5cc(C(=O)NCCN(C)C)c(OC)cc5OC)CC4)c(OCCCCCN=C(N)N)cc3OCCCCCN=C(N)N)CC2)cc1C(=O)NCCN(C)C. The normalized spacial score (nSPS) is 16.4. The van der Waals surface area contributed by atoms with Gasteiger partial charge in [0.2, 0.25) is 0 Å². The Kier molecular flexibility index (Phi) is 28.1. The van der Waals surface area contributed by atoms with E-state index in [0.717, 1.165) is 12.8 Å². The molecule has 0 radical (unpaired) electrons. The monoisotopic (exact) mass is 1200 g/mol. The molecule has 0 spiro atoms. The Morgan fingerprint density at radius 3 is 0.942 bits per heavy atom. The molecular weight excluding hydrogens is 1110 g/mol. The lowest BCUT2D eigenvalue weighted by atomic mass is 9.90. The average molecular weight is 1200 g/mol. The summed E-state index contributed by atoms with van der Waals surface area (Å²) in [4.78, 5) is 95.4. The predicted molar refractivity (Wildman–Crippen MR) is 329 cm³/mol. The minimum absolute atomic E-state index is 0.0135. The fourth-order valence-corrected chi connectivity index (χ4v) is 10.0. The topological polar surface area (TPSA) is 365 Å². The van der Waals surface area contributed by atoms with Crippen LogP contribution in [0.2, 0.25) is 0 Å². The van der Waals surface area contributed by atoms with Crippen LogP contribution in [0.25, 0.3) is 0 Å². The molecule has 0 heterocycles. The Hall–Kier alpha value is -8.26. The molecule has 0 unspecified atom stereocenters. The highest BCUT2D eigenvalue weighted by Gasteiger charge is 2.31. The van der Waals surface area contributed by atoms with Gasteiger partial charge in [-0.1, -0.05) is 0 Å². The van der Waals surface area contributed by atoms with Crippen LogP contribution in [0.5, 0.6) is 34.5 Å². The molecular formula is C60H92N14O12. The van der Waals surface area contributed by atoms with Crippen molar-refractivity contribution < 1.29 is 57.2 Å². The molecule has 3 aromatic rings. The van der Waals surface area contributed by atoms with Crippen molar-refractivity contribution in [3.63, 3.8) is 0 Å². The molecule has 14 N–H and O–H groups in total. The first-order chi connectivity index (χ1) is 41.2. The lowest BCUT2D eigenvalue weighted by Crippen LogP contribution is -2.44. The Morgan fingerprint density at radius 1 is 0.407 bits per heavy atom. The van der Waals surface area contributed by atoms with Crippen molar-refractivity contribution in [2.45, 2.75) is 114 Å². The van der Waals surface area contributed by atoms with Gasteiger partial charge in [0.05, 0.1) is 75.0 Å². The maximum atomic E-state index is 14.6. The summed E-state index contributed by atoms with van der Waals surface area (Å²) in [6.45, 7) is 3.41. The summed E-state index contributed by atoms with van der Waals surface area (Å²) >= 11 is 0. The number of aliphatic imine (C=N–C) groups is 2. The van der Waals surface area contributed by atoms with Crippen LogP contribution < -0.4 is 83.3 Å².